The number of esters is 2. The van der Waals surface area contributed by atoms with Crippen LogP contribution in [0.2, 0.25) is 0 Å². The van der Waals surface area contributed by atoms with Crippen molar-refractivity contribution in [3.63, 3.8) is 0 Å². The van der Waals surface area contributed by atoms with E-state index in [9.17, 15) is 14.9 Å². The van der Waals surface area contributed by atoms with E-state index in [1.807, 2.05) is 0 Å². The van der Waals surface area contributed by atoms with Gasteiger partial charge in [0.15, 0.2) is 5.41 Å². The molecule has 24 heavy (non-hydrogen) atoms. The molecule has 0 heterocycles. The summed E-state index contributed by atoms with van der Waals surface area (Å²) >= 11 is 0. The van der Waals surface area contributed by atoms with Crippen LogP contribution in [0.3, 0.4) is 0 Å². The number of nitriles is 1. The van der Waals surface area contributed by atoms with E-state index in [0.717, 1.165) is 44.9 Å². The van der Waals surface area contributed by atoms with Crippen LogP contribution in [0.25, 0.3) is 0 Å². The minimum atomic E-state index is -1.42. The highest BCUT2D eigenvalue weighted by Crippen LogP contribution is 2.45. The molecule has 1 saturated carbocycles. The second-order valence-corrected chi connectivity index (χ2v) is 6.53. The van der Waals surface area contributed by atoms with Crippen LogP contribution in [-0.4, -0.2) is 25.2 Å². The first-order valence-electron chi connectivity index (χ1n) is 9.32. The molecule has 0 spiro atoms. The number of carbonyl (C=O) groups is 2. The molecule has 1 aliphatic rings. The van der Waals surface area contributed by atoms with Gasteiger partial charge in [0.25, 0.3) is 0 Å². The topological polar surface area (TPSA) is 76.4 Å². The van der Waals surface area contributed by atoms with Crippen LogP contribution in [0, 0.1) is 28.6 Å². The Morgan fingerprint density at radius 1 is 1.12 bits per heavy atom. The first kappa shape index (κ1) is 20.5. The molecule has 1 fully saturated rings. The lowest BCUT2D eigenvalue weighted by Gasteiger charge is -2.35. The predicted octanol–water partition coefficient (Wildman–Crippen LogP) is 4.01. The predicted molar refractivity (Wildman–Crippen MR) is 90.9 cm³/mol. The Hall–Kier alpha value is -1.57. The summed E-state index contributed by atoms with van der Waals surface area (Å²) < 4.78 is 10.5. The summed E-state index contributed by atoms with van der Waals surface area (Å²) in [4.78, 5) is 25.4. The number of hydrogen-bond acceptors (Lipinski definition) is 5. The van der Waals surface area contributed by atoms with Crippen molar-refractivity contribution in [2.24, 2.45) is 17.3 Å². The van der Waals surface area contributed by atoms with Gasteiger partial charge in [-0.2, -0.15) is 5.26 Å². The molecule has 0 aromatic carbocycles. The monoisotopic (exact) mass is 337 g/mol. The Bertz CT molecular complexity index is 451. The van der Waals surface area contributed by atoms with Gasteiger partial charge >= 0.3 is 11.9 Å². The molecule has 0 radical (unpaired) electrons. The first-order valence-corrected chi connectivity index (χ1v) is 9.32. The fourth-order valence-corrected chi connectivity index (χ4v) is 3.79. The zero-order valence-corrected chi connectivity index (χ0v) is 15.3. The van der Waals surface area contributed by atoms with Gasteiger partial charge in [-0.3, -0.25) is 9.59 Å². The second-order valence-electron chi connectivity index (χ2n) is 6.53. The van der Waals surface area contributed by atoms with E-state index in [0.29, 0.717) is 6.42 Å². The van der Waals surface area contributed by atoms with Gasteiger partial charge in [0.2, 0.25) is 0 Å². The van der Waals surface area contributed by atoms with Crippen molar-refractivity contribution in [3.8, 4) is 6.07 Å². The average molecular weight is 337 g/mol. The van der Waals surface area contributed by atoms with E-state index in [1.165, 1.54) is 0 Å². The van der Waals surface area contributed by atoms with Gasteiger partial charge in [-0.25, -0.2) is 0 Å². The van der Waals surface area contributed by atoms with E-state index >= 15 is 0 Å². The Morgan fingerprint density at radius 3 is 2.25 bits per heavy atom. The van der Waals surface area contributed by atoms with Gasteiger partial charge in [-0.05, 0) is 39.0 Å². The van der Waals surface area contributed by atoms with Crippen molar-refractivity contribution in [1.29, 1.82) is 5.26 Å². The number of carbonyl (C=O) groups excluding carboxylic acids is 2. The van der Waals surface area contributed by atoms with Gasteiger partial charge in [-0.15, -0.1) is 0 Å². The highest BCUT2D eigenvalue weighted by molar-refractivity contribution is 5.88. The lowest BCUT2D eigenvalue weighted by molar-refractivity contribution is -0.168. The summed E-state index contributed by atoms with van der Waals surface area (Å²) in [6.07, 6.45) is 6.77. The molecule has 2 unspecified atom stereocenters. The Balaban J connectivity index is 3.22. The molecule has 136 valence electrons. The van der Waals surface area contributed by atoms with Crippen molar-refractivity contribution in [3.05, 3.63) is 0 Å². The highest BCUT2D eigenvalue weighted by Gasteiger charge is 2.54. The quantitative estimate of drug-likeness (QED) is 0.445. The Morgan fingerprint density at radius 2 is 1.75 bits per heavy atom. The minimum Gasteiger partial charge on any atom is -0.466 e. The summed E-state index contributed by atoms with van der Waals surface area (Å²) in [5, 5.41) is 9.96. The maximum Gasteiger partial charge on any atom is 0.327 e. The fourth-order valence-electron chi connectivity index (χ4n) is 3.79. The molecule has 1 aliphatic carbocycles. The van der Waals surface area contributed by atoms with Crippen molar-refractivity contribution in [1.82, 2.24) is 0 Å². The van der Waals surface area contributed by atoms with E-state index < -0.39 is 23.3 Å². The summed E-state index contributed by atoms with van der Waals surface area (Å²) in [6.45, 7) is 6.00. The van der Waals surface area contributed by atoms with Gasteiger partial charge in [0, 0.05) is 0 Å². The molecule has 0 aliphatic heterocycles. The number of nitrogens with zero attached hydrogens (tertiary/aromatic N) is 1. The molecule has 1 rings (SSSR count). The summed E-state index contributed by atoms with van der Waals surface area (Å²) in [5.41, 5.74) is -1.42. The molecule has 0 saturated heterocycles. The van der Waals surface area contributed by atoms with Crippen LogP contribution in [0.5, 0.6) is 0 Å². The van der Waals surface area contributed by atoms with E-state index in [2.05, 4.69) is 13.0 Å². The normalized spacial score (nSPS) is 18.4. The summed E-state index contributed by atoms with van der Waals surface area (Å²) in [6, 6.07) is 2.20. The molecule has 0 aromatic heterocycles. The highest BCUT2D eigenvalue weighted by atomic mass is 16.5. The molecular weight excluding hydrogens is 306 g/mol. The molecule has 2 atom stereocenters. The number of ether oxygens (including phenoxy) is 2. The number of hydrogen-bond donors (Lipinski definition) is 0. The van der Waals surface area contributed by atoms with Gasteiger partial charge in [0.05, 0.1) is 25.2 Å². The maximum atomic E-state index is 12.7. The van der Waals surface area contributed by atoms with E-state index in [1.54, 1.807) is 13.8 Å². The van der Waals surface area contributed by atoms with Crippen molar-refractivity contribution in [2.75, 3.05) is 13.2 Å². The molecule has 0 amide bonds. The van der Waals surface area contributed by atoms with Crippen molar-refractivity contribution < 1.29 is 19.1 Å². The standard InChI is InChI=1S/C19H31NO4/c1-4-7-10-13-19(14-20,18(22)24-6-3)16(17(21)23-5-2)15-11-8-9-12-15/h15-16H,4-13H2,1-3H3. The van der Waals surface area contributed by atoms with E-state index in [-0.39, 0.29) is 19.1 Å². The molecular formula is C19H31NO4. The Labute approximate surface area is 145 Å². The van der Waals surface area contributed by atoms with Crippen LogP contribution in [0.4, 0.5) is 0 Å². The smallest absolute Gasteiger partial charge is 0.327 e. The SMILES string of the molecule is CCCCCC(C#N)(C(=O)OCC)C(C(=O)OCC)C1CCCC1. The van der Waals surface area contributed by atoms with Crippen LogP contribution in [0.15, 0.2) is 0 Å². The lowest BCUT2D eigenvalue weighted by Crippen LogP contribution is -2.46. The maximum absolute atomic E-state index is 12.7. The van der Waals surface area contributed by atoms with Crippen molar-refractivity contribution >= 4 is 11.9 Å². The van der Waals surface area contributed by atoms with Crippen LogP contribution in [0.1, 0.15) is 72.1 Å². The first-order chi connectivity index (χ1) is 11.6. The molecule has 5 heteroatoms. The lowest BCUT2D eigenvalue weighted by atomic mass is 9.66. The molecule has 0 N–H and O–H groups in total. The molecule has 5 nitrogen and oxygen atoms in total. The third-order valence-electron chi connectivity index (χ3n) is 4.96. The van der Waals surface area contributed by atoms with Crippen LogP contribution in [-0.2, 0) is 19.1 Å². The molecule has 0 aromatic rings. The van der Waals surface area contributed by atoms with Gasteiger partial charge < -0.3 is 9.47 Å². The van der Waals surface area contributed by atoms with Crippen LogP contribution >= 0.6 is 0 Å². The third kappa shape index (κ3) is 4.72. The number of rotatable bonds is 10. The van der Waals surface area contributed by atoms with Crippen LogP contribution < -0.4 is 0 Å². The summed E-state index contributed by atoms with van der Waals surface area (Å²) in [5.74, 6) is -1.68. The minimum absolute atomic E-state index is 0.0229. The van der Waals surface area contributed by atoms with E-state index in [4.69, 9.17) is 9.47 Å². The van der Waals surface area contributed by atoms with Crippen molar-refractivity contribution in [2.45, 2.75) is 72.1 Å². The zero-order valence-electron chi connectivity index (χ0n) is 15.3. The Kier molecular flexibility index (Phi) is 8.81. The third-order valence-corrected chi connectivity index (χ3v) is 4.96. The summed E-state index contributed by atoms with van der Waals surface area (Å²) in [7, 11) is 0. The zero-order chi connectivity index (χ0) is 18.0. The van der Waals surface area contributed by atoms with Gasteiger partial charge in [-0.1, -0.05) is 39.0 Å². The largest absolute Gasteiger partial charge is 0.466 e. The number of unbranched alkanes of at least 4 members (excludes halogenated alkanes) is 2. The fraction of sp³-hybridized carbons (Fsp3) is 0.842. The second kappa shape index (κ2) is 10.3. The average Bonchev–Trinajstić information content (AvgIpc) is 3.08. The molecule has 0 bridgehead atoms. The van der Waals surface area contributed by atoms with Gasteiger partial charge in [0.1, 0.15) is 0 Å².